The molecule has 0 aliphatic rings. The van der Waals surface area contributed by atoms with E-state index in [4.69, 9.17) is 31.0 Å². The van der Waals surface area contributed by atoms with E-state index in [-0.39, 0.29) is 12.0 Å². The lowest BCUT2D eigenvalue weighted by atomic mass is 9.85. The van der Waals surface area contributed by atoms with Crippen LogP contribution in [0.1, 0.15) is 26.3 Å². The monoisotopic (exact) mass is 537 g/mol. The smallest absolute Gasteiger partial charge is 0.158 e. The van der Waals surface area contributed by atoms with E-state index in [0.29, 0.717) is 42.1 Å². The molecular weight excluding hydrogens is 506 g/mol. The first-order valence-corrected chi connectivity index (χ1v) is 12.6. The van der Waals surface area contributed by atoms with Crippen molar-refractivity contribution in [1.82, 2.24) is 14.5 Å². The molecule has 0 aliphatic carbocycles. The number of halogens is 1. The molecule has 10 heteroatoms. The molecule has 0 unspecified atom stereocenters. The Kier molecular flexibility index (Phi) is 8.83. The van der Waals surface area contributed by atoms with Gasteiger partial charge in [-0.05, 0) is 36.4 Å². The van der Waals surface area contributed by atoms with Gasteiger partial charge in [0, 0.05) is 29.4 Å². The molecule has 0 atom stereocenters. The quantitative estimate of drug-likeness (QED) is 0.137. The van der Waals surface area contributed by atoms with E-state index in [2.05, 4.69) is 41.2 Å². The average molecular weight is 538 g/mol. The van der Waals surface area contributed by atoms with Crippen molar-refractivity contribution >= 4 is 39.9 Å². The predicted octanol–water partition coefficient (Wildman–Crippen LogP) is 6.03. The molecule has 0 spiro atoms. The maximum absolute atomic E-state index is 8.92. The number of oxime groups is 1. The predicted molar refractivity (Wildman–Crippen MR) is 150 cm³/mol. The molecule has 38 heavy (non-hydrogen) atoms. The van der Waals surface area contributed by atoms with Crippen LogP contribution in [0.25, 0.3) is 11.0 Å². The highest BCUT2D eigenvalue weighted by Gasteiger charge is 2.22. The molecule has 9 nitrogen and oxygen atoms in total. The van der Waals surface area contributed by atoms with Gasteiger partial charge in [-0.25, -0.2) is 9.97 Å². The highest BCUT2D eigenvalue weighted by molar-refractivity contribution is 6.32. The Labute approximate surface area is 227 Å². The van der Waals surface area contributed by atoms with Crippen molar-refractivity contribution < 1.29 is 19.4 Å². The van der Waals surface area contributed by atoms with Crippen LogP contribution in [0.2, 0.25) is 5.02 Å². The van der Waals surface area contributed by atoms with Crippen molar-refractivity contribution in [3.63, 3.8) is 0 Å². The van der Waals surface area contributed by atoms with E-state index in [1.807, 2.05) is 53.2 Å². The fourth-order valence-corrected chi connectivity index (χ4v) is 4.20. The van der Waals surface area contributed by atoms with Crippen LogP contribution in [0.4, 0.5) is 11.5 Å². The number of rotatable bonds is 11. The molecule has 2 aromatic carbocycles. The van der Waals surface area contributed by atoms with Gasteiger partial charge in [0.2, 0.25) is 0 Å². The van der Waals surface area contributed by atoms with Crippen LogP contribution in [-0.4, -0.2) is 52.3 Å². The van der Waals surface area contributed by atoms with Crippen molar-refractivity contribution in [2.45, 2.75) is 27.3 Å². The Bertz CT molecular complexity index is 1410. The van der Waals surface area contributed by atoms with E-state index >= 15 is 0 Å². The first-order chi connectivity index (χ1) is 18.3. The molecular formula is C28H32ClN5O4. The lowest BCUT2D eigenvalue weighted by molar-refractivity contribution is 0.0875. The summed E-state index contributed by atoms with van der Waals surface area (Å²) in [7, 11) is 1.54. The van der Waals surface area contributed by atoms with Gasteiger partial charge in [-0.15, -0.1) is 0 Å². The van der Waals surface area contributed by atoms with Crippen molar-refractivity contribution in [1.29, 1.82) is 0 Å². The zero-order valence-corrected chi connectivity index (χ0v) is 22.7. The molecule has 2 N–H and O–H groups in total. The van der Waals surface area contributed by atoms with Crippen molar-refractivity contribution in [3.8, 4) is 11.5 Å². The van der Waals surface area contributed by atoms with Crippen LogP contribution >= 0.6 is 11.6 Å². The fraction of sp³-hybridized carbons (Fsp3) is 0.321. The minimum atomic E-state index is -0.210. The standard InChI is InChI=1S/C28H32ClN5O4/c1-28(2,3)26(33-36-4)19-6-5-7-21(16-19)38-24-9-8-20(17-22(24)29)32-27-25-23(30-18-31-27)10-11-34(25)12-14-37-15-13-35/h5-11,16-18,35H,12-15H2,1-4H3,(H,30,31,32). The SMILES string of the molecule is CON=C(c1cccc(Oc2ccc(Nc3ncnc4ccn(CCOCCO)c34)cc2Cl)c1)C(C)(C)C. The Balaban J connectivity index is 1.53. The number of ether oxygens (including phenoxy) is 2. The Hall–Kier alpha value is -3.66. The summed E-state index contributed by atoms with van der Waals surface area (Å²) in [6.07, 6.45) is 3.45. The van der Waals surface area contributed by atoms with Crippen LogP contribution in [0.3, 0.4) is 0 Å². The van der Waals surface area contributed by atoms with E-state index in [1.54, 1.807) is 13.2 Å². The summed E-state index contributed by atoms with van der Waals surface area (Å²) in [5.74, 6) is 1.80. The molecule has 0 aliphatic heterocycles. The summed E-state index contributed by atoms with van der Waals surface area (Å²) in [6.45, 7) is 7.60. The second kappa shape index (κ2) is 12.3. The molecule has 2 heterocycles. The summed E-state index contributed by atoms with van der Waals surface area (Å²) in [4.78, 5) is 13.9. The largest absolute Gasteiger partial charge is 0.456 e. The molecule has 200 valence electrons. The van der Waals surface area contributed by atoms with Crippen LogP contribution in [0.5, 0.6) is 11.5 Å². The number of hydrogen-bond donors (Lipinski definition) is 2. The van der Waals surface area contributed by atoms with Gasteiger partial charge >= 0.3 is 0 Å². The van der Waals surface area contributed by atoms with Gasteiger partial charge in [-0.1, -0.05) is 49.7 Å². The summed E-state index contributed by atoms with van der Waals surface area (Å²) >= 11 is 6.61. The molecule has 4 aromatic rings. The number of nitrogens with one attached hydrogen (secondary N) is 1. The molecule has 0 bridgehead atoms. The van der Waals surface area contributed by atoms with Crippen LogP contribution in [0, 0.1) is 5.41 Å². The van der Waals surface area contributed by atoms with Crippen molar-refractivity contribution in [3.05, 3.63) is 71.6 Å². The summed E-state index contributed by atoms with van der Waals surface area (Å²) in [5.41, 5.74) is 3.92. The molecule has 0 radical (unpaired) electrons. The van der Waals surface area contributed by atoms with Gasteiger partial charge < -0.3 is 29.3 Å². The van der Waals surface area contributed by atoms with E-state index in [1.165, 1.54) is 6.33 Å². The summed E-state index contributed by atoms with van der Waals surface area (Å²) in [5, 5.41) is 16.9. The Morgan fingerprint density at radius 1 is 1.11 bits per heavy atom. The second-order valence-corrected chi connectivity index (χ2v) is 9.98. The van der Waals surface area contributed by atoms with Gasteiger partial charge in [-0.3, -0.25) is 0 Å². The summed E-state index contributed by atoms with van der Waals surface area (Å²) < 4.78 is 13.5. The summed E-state index contributed by atoms with van der Waals surface area (Å²) in [6, 6.07) is 15.1. The Morgan fingerprint density at radius 3 is 2.68 bits per heavy atom. The zero-order valence-electron chi connectivity index (χ0n) is 21.9. The topological polar surface area (TPSA) is 103 Å². The molecule has 0 amide bonds. The molecule has 4 rings (SSSR count). The van der Waals surface area contributed by atoms with E-state index in [0.717, 1.165) is 28.0 Å². The Morgan fingerprint density at radius 2 is 1.95 bits per heavy atom. The number of aliphatic hydroxyl groups is 1. The maximum atomic E-state index is 8.92. The van der Waals surface area contributed by atoms with Gasteiger partial charge in [0.05, 0.1) is 36.1 Å². The van der Waals surface area contributed by atoms with Crippen molar-refractivity contribution in [2.75, 3.05) is 32.2 Å². The minimum Gasteiger partial charge on any atom is -0.456 e. The molecule has 0 fully saturated rings. The molecule has 0 saturated heterocycles. The van der Waals surface area contributed by atoms with Crippen LogP contribution in [0.15, 0.2) is 66.2 Å². The average Bonchev–Trinajstić information content (AvgIpc) is 3.30. The highest BCUT2D eigenvalue weighted by atomic mass is 35.5. The third kappa shape index (κ3) is 6.61. The number of hydrogen-bond acceptors (Lipinski definition) is 8. The van der Waals surface area contributed by atoms with E-state index < -0.39 is 0 Å². The first kappa shape index (κ1) is 27.4. The third-order valence-electron chi connectivity index (χ3n) is 5.69. The van der Waals surface area contributed by atoms with Crippen molar-refractivity contribution in [2.24, 2.45) is 10.6 Å². The maximum Gasteiger partial charge on any atom is 0.158 e. The van der Waals surface area contributed by atoms with Gasteiger partial charge in [0.25, 0.3) is 0 Å². The highest BCUT2D eigenvalue weighted by Crippen LogP contribution is 2.34. The van der Waals surface area contributed by atoms with E-state index in [9.17, 15) is 0 Å². The van der Waals surface area contributed by atoms with Gasteiger partial charge in [0.1, 0.15) is 30.5 Å². The number of aliphatic hydroxyl groups excluding tert-OH is 1. The van der Waals surface area contributed by atoms with Crippen LogP contribution in [-0.2, 0) is 16.1 Å². The molecule has 2 aromatic heterocycles. The third-order valence-corrected chi connectivity index (χ3v) is 5.98. The normalized spacial score (nSPS) is 12.1. The first-order valence-electron chi connectivity index (χ1n) is 12.2. The zero-order chi connectivity index (χ0) is 27.1. The molecule has 0 saturated carbocycles. The van der Waals surface area contributed by atoms with Gasteiger partial charge in [0.15, 0.2) is 5.82 Å². The number of fused-ring (bicyclic) bond motifs is 1. The second-order valence-electron chi connectivity index (χ2n) is 9.57. The van der Waals surface area contributed by atoms with Crippen LogP contribution < -0.4 is 10.1 Å². The lowest BCUT2D eigenvalue weighted by Crippen LogP contribution is -2.21. The fourth-order valence-electron chi connectivity index (χ4n) is 3.99. The number of anilines is 2. The van der Waals surface area contributed by atoms with Gasteiger partial charge in [-0.2, -0.15) is 0 Å². The minimum absolute atomic E-state index is 0.00568. The lowest BCUT2D eigenvalue weighted by Gasteiger charge is -2.21. The number of nitrogens with zero attached hydrogens (tertiary/aromatic N) is 4. The number of aromatic nitrogens is 3. The number of benzene rings is 2.